The van der Waals surface area contributed by atoms with E-state index in [4.69, 9.17) is 22.9 Å². The molecule has 0 aliphatic carbocycles. The zero-order chi connectivity index (χ0) is 66.9. The van der Waals surface area contributed by atoms with Crippen LogP contribution in [0.3, 0.4) is 0 Å². The summed E-state index contributed by atoms with van der Waals surface area (Å²) in [7, 11) is 0. The lowest BCUT2D eigenvalue weighted by Crippen LogP contribution is -2.62. The third-order valence-corrected chi connectivity index (χ3v) is 14.8. The Balaban J connectivity index is 1.57. The van der Waals surface area contributed by atoms with E-state index >= 15 is 0 Å². The third kappa shape index (κ3) is 23.1. The van der Waals surface area contributed by atoms with E-state index in [1.165, 1.54) is 55.5 Å². The van der Waals surface area contributed by atoms with Crippen molar-refractivity contribution in [1.29, 1.82) is 0 Å². The molecule has 3 aromatic carbocycles. The molecule has 490 valence electrons. The standard InChI is InChI=1S/C59H81N13O18/c1-4-30(2)48(56(86)71-49(31(3)74)57(87)68-42(59(89)90)27-32-9-6-5-7-10-32)70-55(85)44-11-8-24-72(44)58(88)41(26-34-14-18-36(76)19-15-34)67-54(84)43(29-73)69-53(83)40(28-47(63)79)66-52(82)39(25-33-12-16-35(75)17-13-33)65-51(81)38(21-23-46(62)78)64-50(80)37(60)20-22-45(61)77/h5-7,9-10,12-19,30-31,37-44,48-49,73-76H,4,8,11,20-29,60H2,1-3H3,(H2,61,77)(H2,62,78)(H2,63,79)(H,64,80)(H,65,81)(H,66,82)(H,67,84)(H,68,87)(H,69,83)(H,70,85)(H,71,86)(H,89,90)/t30-,31+,37-,38-,39-,40-,41-,42-,43-,44-,48-,49-/m0/s1. The minimum Gasteiger partial charge on any atom is -0.508 e. The van der Waals surface area contributed by atoms with Crippen LogP contribution < -0.4 is 65.5 Å². The minimum absolute atomic E-state index is 0.0472. The largest absolute Gasteiger partial charge is 0.508 e. The summed E-state index contributed by atoms with van der Waals surface area (Å²) in [5.74, 6) is -14.5. The molecular formula is C59H81N13O18. The number of carboxylic acids is 1. The van der Waals surface area contributed by atoms with Crippen molar-refractivity contribution in [3.05, 3.63) is 95.6 Å². The van der Waals surface area contributed by atoms with Crippen molar-refractivity contribution in [3.63, 3.8) is 0 Å². The summed E-state index contributed by atoms with van der Waals surface area (Å²) in [5.41, 5.74) is 23.1. The van der Waals surface area contributed by atoms with Gasteiger partial charge in [-0.25, -0.2) is 4.79 Å². The Bertz CT molecular complexity index is 3030. The number of aromatic hydroxyl groups is 2. The summed E-state index contributed by atoms with van der Waals surface area (Å²) < 4.78 is 0. The van der Waals surface area contributed by atoms with Crippen LogP contribution in [0.2, 0.25) is 0 Å². The van der Waals surface area contributed by atoms with E-state index in [2.05, 4.69) is 42.5 Å². The van der Waals surface area contributed by atoms with Gasteiger partial charge in [0.2, 0.25) is 70.9 Å². The number of nitrogens with zero attached hydrogens (tertiary/aromatic N) is 1. The zero-order valence-electron chi connectivity index (χ0n) is 49.9. The number of hydrogen-bond acceptors (Lipinski definition) is 18. The summed E-state index contributed by atoms with van der Waals surface area (Å²) in [4.78, 5) is 175. The third-order valence-electron chi connectivity index (χ3n) is 14.8. The molecule has 3 aromatic rings. The lowest BCUT2D eigenvalue weighted by atomic mass is 9.96. The van der Waals surface area contributed by atoms with Crippen LogP contribution in [-0.2, 0) is 81.6 Å². The smallest absolute Gasteiger partial charge is 0.326 e. The second kappa shape index (κ2) is 35.3. The van der Waals surface area contributed by atoms with Crippen LogP contribution in [0.25, 0.3) is 0 Å². The molecule has 0 saturated carbocycles. The first kappa shape index (κ1) is 72.7. The number of aliphatic carboxylic acids is 1. The van der Waals surface area contributed by atoms with Crippen LogP contribution in [0.5, 0.6) is 11.5 Å². The molecule has 0 bridgehead atoms. The molecule has 1 aliphatic heterocycles. The van der Waals surface area contributed by atoms with Crippen LogP contribution in [-0.4, -0.2) is 187 Å². The molecule has 1 saturated heterocycles. The first-order chi connectivity index (χ1) is 42.5. The van der Waals surface area contributed by atoms with E-state index in [0.29, 0.717) is 16.7 Å². The highest BCUT2D eigenvalue weighted by Crippen LogP contribution is 2.22. The lowest BCUT2D eigenvalue weighted by Gasteiger charge is -2.32. The fourth-order valence-corrected chi connectivity index (χ4v) is 9.52. The monoisotopic (exact) mass is 1260 g/mol. The molecule has 0 radical (unpaired) electrons. The highest BCUT2D eigenvalue weighted by atomic mass is 16.4. The van der Waals surface area contributed by atoms with Crippen molar-refractivity contribution in [1.82, 2.24) is 47.4 Å². The van der Waals surface area contributed by atoms with Gasteiger partial charge in [-0.15, -0.1) is 0 Å². The van der Waals surface area contributed by atoms with Crippen LogP contribution in [0.15, 0.2) is 78.9 Å². The molecule has 0 spiro atoms. The van der Waals surface area contributed by atoms with E-state index in [1.54, 1.807) is 44.2 Å². The van der Waals surface area contributed by atoms with Crippen LogP contribution in [0.1, 0.15) is 88.8 Å². The summed E-state index contributed by atoms with van der Waals surface area (Å²) in [6.45, 7) is 3.30. The average molecular weight is 1260 g/mol. The number of phenolic OH excluding ortho intramolecular Hbond substituents is 2. The Morgan fingerprint density at radius 2 is 0.989 bits per heavy atom. The van der Waals surface area contributed by atoms with Crippen LogP contribution >= 0.6 is 0 Å². The molecule has 21 N–H and O–H groups in total. The second-order valence-corrected chi connectivity index (χ2v) is 21.9. The van der Waals surface area contributed by atoms with Gasteiger partial charge in [0, 0.05) is 38.6 Å². The Kier molecular flexibility index (Phi) is 28.5. The number of benzene rings is 3. The maximum atomic E-state index is 14.8. The molecular weight excluding hydrogens is 1180 g/mol. The molecule has 0 unspecified atom stereocenters. The van der Waals surface area contributed by atoms with Crippen LogP contribution in [0.4, 0.5) is 0 Å². The number of hydrogen-bond donors (Lipinski definition) is 17. The number of rotatable bonds is 36. The summed E-state index contributed by atoms with van der Waals surface area (Å²) in [6.07, 6.45) is -4.15. The Hall–Kier alpha value is -9.75. The minimum atomic E-state index is -1.95. The molecule has 1 fully saturated rings. The molecule has 31 nitrogen and oxygen atoms in total. The summed E-state index contributed by atoms with van der Waals surface area (Å²) >= 11 is 0. The van der Waals surface area contributed by atoms with Crippen molar-refractivity contribution in [2.24, 2.45) is 28.9 Å². The fraction of sp³-hybridized carbons (Fsp3) is 0.475. The highest BCUT2D eigenvalue weighted by Gasteiger charge is 2.42. The number of aliphatic hydroxyl groups excluding tert-OH is 2. The van der Waals surface area contributed by atoms with E-state index in [1.807, 2.05) is 0 Å². The number of carbonyl (C=O) groups excluding carboxylic acids is 12. The number of carbonyl (C=O) groups is 13. The Morgan fingerprint density at radius 3 is 1.52 bits per heavy atom. The Labute approximate surface area is 517 Å². The highest BCUT2D eigenvalue weighted by molar-refractivity contribution is 6.00. The number of likely N-dealkylation sites (tertiary alicyclic amines) is 1. The van der Waals surface area contributed by atoms with Crippen molar-refractivity contribution in [3.8, 4) is 11.5 Å². The van der Waals surface area contributed by atoms with Crippen molar-refractivity contribution >= 4 is 76.9 Å². The lowest BCUT2D eigenvalue weighted by molar-refractivity contribution is -0.143. The Morgan fingerprint density at radius 1 is 0.533 bits per heavy atom. The van der Waals surface area contributed by atoms with Gasteiger partial charge in [0.15, 0.2) is 0 Å². The molecule has 0 aromatic heterocycles. The van der Waals surface area contributed by atoms with Crippen molar-refractivity contribution < 1.29 is 87.9 Å². The molecule has 1 aliphatic rings. The summed E-state index contributed by atoms with van der Waals surface area (Å²) in [5, 5.41) is 70.4. The topological polar surface area (TPSA) is 527 Å². The van der Waals surface area contributed by atoms with Crippen LogP contribution in [0, 0.1) is 5.92 Å². The van der Waals surface area contributed by atoms with Gasteiger partial charge in [0.25, 0.3) is 0 Å². The van der Waals surface area contributed by atoms with E-state index in [-0.39, 0.29) is 69.4 Å². The van der Waals surface area contributed by atoms with E-state index < -0.39 is 175 Å². The van der Waals surface area contributed by atoms with Gasteiger partial charge < -0.3 is 95.9 Å². The molecule has 90 heavy (non-hydrogen) atoms. The van der Waals surface area contributed by atoms with E-state index in [9.17, 15) is 87.9 Å². The number of primary amides is 3. The maximum absolute atomic E-state index is 14.8. The average Bonchev–Trinajstić information content (AvgIpc) is 1.67. The van der Waals surface area contributed by atoms with Gasteiger partial charge in [-0.1, -0.05) is 74.9 Å². The number of amides is 12. The number of nitrogens with one attached hydrogen (secondary N) is 8. The van der Waals surface area contributed by atoms with Gasteiger partial charge in [0.05, 0.1) is 25.2 Å². The number of nitrogens with two attached hydrogens (primary N) is 4. The number of aliphatic hydroxyl groups is 2. The van der Waals surface area contributed by atoms with Gasteiger partial charge in [-0.2, -0.15) is 0 Å². The SMILES string of the molecule is CC[C@H](C)[C@H](NC(=O)[C@@H]1CCCN1C(=O)[C@H](Cc1ccc(O)cc1)NC(=O)[C@H](CO)NC(=O)[C@H](CC(N)=O)NC(=O)[C@H](Cc1ccc(O)cc1)NC(=O)[C@H](CCC(N)=O)NC(=O)[C@@H](N)CCC(N)=O)C(=O)N[C@H](C(=O)N[C@@H](Cc1ccccc1)C(=O)O)[C@@H](C)O. The normalized spacial score (nSPS) is 16.4. The second-order valence-electron chi connectivity index (χ2n) is 21.9. The van der Waals surface area contributed by atoms with Crippen molar-refractivity contribution in [2.75, 3.05) is 13.2 Å². The maximum Gasteiger partial charge on any atom is 0.326 e. The predicted molar refractivity (Wildman–Crippen MR) is 318 cm³/mol. The first-order valence-corrected chi connectivity index (χ1v) is 29.0. The molecule has 12 atom stereocenters. The zero-order valence-corrected chi connectivity index (χ0v) is 49.9. The number of phenols is 2. The van der Waals surface area contributed by atoms with Gasteiger partial charge >= 0.3 is 5.97 Å². The molecule has 4 rings (SSSR count). The summed E-state index contributed by atoms with van der Waals surface area (Å²) in [6, 6.07) is 3.17. The first-order valence-electron chi connectivity index (χ1n) is 29.0. The molecule has 12 amide bonds. The molecule has 1 heterocycles. The van der Waals surface area contributed by atoms with Crippen molar-refractivity contribution in [2.45, 2.75) is 158 Å². The fourth-order valence-electron chi connectivity index (χ4n) is 9.52. The van der Waals surface area contributed by atoms with Gasteiger partial charge in [0.1, 0.15) is 65.9 Å². The number of carboxylic acid groups (broad SMARTS) is 1. The predicted octanol–water partition coefficient (Wildman–Crippen LogP) is -4.77. The van der Waals surface area contributed by atoms with Gasteiger partial charge in [-0.3, -0.25) is 57.5 Å². The molecule has 31 heteroatoms. The quantitative estimate of drug-likeness (QED) is 0.0260. The van der Waals surface area contributed by atoms with E-state index in [0.717, 1.165) is 4.90 Å². The van der Waals surface area contributed by atoms with Gasteiger partial charge in [-0.05, 0) is 79.5 Å².